The number of halogens is 1. The van der Waals surface area contributed by atoms with Gasteiger partial charge in [0.25, 0.3) is 5.91 Å². The van der Waals surface area contributed by atoms with E-state index in [1.165, 1.54) is 53.6 Å². The number of terminal acetylenes is 1. The van der Waals surface area contributed by atoms with Crippen LogP contribution < -0.4 is 34.0 Å². The third kappa shape index (κ3) is 8.79. The van der Waals surface area contributed by atoms with Crippen molar-refractivity contribution in [2.75, 3.05) is 50.9 Å². The van der Waals surface area contributed by atoms with Gasteiger partial charge in [0.2, 0.25) is 32.5 Å². The molecule has 2 aliphatic heterocycles. The number of amides is 3. The van der Waals surface area contributed by atoms with Crippen LogP contribution in [-0.2, 0) is 38.0 Å². The topological polar surface area (TPSA) is 217 Å². The maximum absolute atomic E-state index is 14.5. The van der Waals surface area contributed by atoms with E-state index in [-0.39, 0.29) is 51.6 Å². The van der Waals surface area contributed by atoms with Crippen LogP contribution in [0.3, 0.4) is 0 Å². The first kappa shape index (κ1) is 37.0. The number of aromatic nitrogens is 4. The van der Waals surface area contributed by atoms with Crippen molar-refractivity contribution in [3.8, 4) is 29.9 Å². The summed E-state index contributed by atoms with van der Waals surface area (Å²) >= 11 is 1.24. The van der Waals surface area contributed by atoms with Gasteiger partial charge in [0.1, 0.15) is 17.3 Å². The van der Waals surface area contributed by atoms with Crippen LogP contribution in [0.15, 0.2) is 23.2 Å². The maximum atomic E-state index is 14.5. The lowest BCUT2D eigenvalue weighted by Crippen LogP contribution is -2.45. The number of carbonyl (C=O) groups is 2. The molecule has 2 aliphatic rings. The number of anilines is 2. The molecule has 0 fully saturated rings. The average Bonchev–Trinajstić information content (AvgIpc) is 3.52. The monoisotopic (exact) mass is 741 g/mol. The Morgan fingerprint density at radius 3 is 2.45 bits per heavy atom. The summed E-state index contributed by atoms with van der Waals surface area (Å²) in [6.45, 7) is 5.05. The van der Waals surface area contributed by atoms with Crippen molar-refractivity contribution in [2.24, 2.45) is 10.4 Å². The van der Waals surface area contributed by atoms with Gasteiger partial charge >= 0.3 is 16.2 Å². The second kappa shape index (κ2) is 14.3. The number of benzene rings is 1. The van der Waals surface area contributed by atoms with E-state index in [4.69, 9.17) is 20.6 Å². The quantitative estimate of drug-likeness (QED) is 0.310. The predicted molar refractivity (Wildman–Crippen MR) is 175 cm³/mol. The molecule has 4 heterocycles. The lowest BCUT2D eigenvalue weighted by molar-refractivity contribution is -0.121. The second-order valence-corrected chi connectivity index (χ2v) is 15.8. The zero-order chi connectivity index (χ0) is 36.3. The van der Waals surface area contributed by atoms with Crippen LogP contribution in [0.4, 0.5) is 26.5 Å². The predicted octanol–water partition coefficient (Wildman–Crippen LogP) is 1.01. The average molecular weight is 742 g/mol. The second-order valence-electron chi connectivity index (χ2n) is 11.1. The van der Waals surface area contributed by atoms with Crippen LogP contribution in [0, 0.1) is 23.6 Å². The van der Waals surface area contributed by atoms with Gasteiger partial charge in [-0.3, -0.25) is 15.0 Å². The lowest BCUT2D eigenvalue weighted by atomic mass is 9.92. The largest absolute Gasteiger partial charge is 0.481 e. The molecule has 1 aromatic carbocycles. The van der Waals surface area contributed by atoms with Crippen LogP contribution in [-0.4, -0.2) is 92.1 Å². The molecule has 0 radical (unpaired) electrons. The molecule has 3 amide bonds. The summed E-state index contributed by atoms with van der Waals surface area (Å²) < 4.78 is 83.4. The number of fused-ring (bicyclic) bond motifs is 2. The number of nitrogens with one attached hydrogen (secondary N) is 2. The zero-order valence-corrected chi connectivity index (χ0v) is 29.5. The highest BCUT2D eigenvalue weighted by atomic mass is 32.3. The number of hydrogen-bond acceptors (Lipinski definition) is 14. The molecule has 0 saturated heterocycles. The van der Waals surface area contributed by atoms with Crippen molar-refractivity contribution in [3.63, 3.8) is 0 Å². The van der Waals surface area contributed by atoms with Crippen LogP contribution in [0.5, 0.6) is 17.5 Å². The molecular formula is C27H32FN9O9S3. The summed E-state index contributed by atoms with van der Waals surface area (Å²) in [6, 6.07) is 2.82. The fraction of sp³-hybridized carbons (Fsp3) is 0.407. The highest BCUT2D eigenvalue weighted by Gasteiger charge is 2.32. The summed E-state index contributed by atoms with van der Waals surface area (Å²) in [6.07, 6.45) is 6.88. The minimum atomic E-state index is -4.60. The summed E-state index contributed by atoms with van der Waals surface area (Å²) in [4.78, 5) is 37.7. The Labute approximate surface area is 285 Å². The normalized spacial score (nSPS) is 15.3. The summed E-state index contributed by atoms with van der Waals surface area (Å²) in [5.74, 6) is 2.73. The van der Waals surface area contributed by atoms with Crippen LogP contribution in [0.25, 0.3) is 0 Å². The number of urea groups is 1. The number of rotatable bonds is 8. The first-order valence-corrected chi connectivity index (χ1v) is 18.0. The number of sulfonamides is 1. The molecule has 3 aromatic rings. The number of nitrogens with zero attached hydrogens (tertiary/aromatic N) is 7. The molecule has 0 aliphatic carbocycles. The lowest BCUT2D eigenvalue weighted by Gasteiger charge is -2.28. The molecule has 0 atom stereocenters. The molecule has 264 valence electrons. The Balaban J connectivity index is 0.000000223. The fourth-order valence-electron chi connectivity index (χ4n) is 4.40. The zero-order valence-electron chi connectivity index (χ0n) is 27.0. The Kier molecular flexibility index (Phi) is 10.8. The Hall–Kier alpha value is -4.85. The van der Waals surface area contributed by atoms with Crippen molar-refractivity contribution in [3.05, 3.63) is 34.6 Å². The molecule has 22 heteroatoms. The van der Waals surface area contributed by atoms with Crippen molar-refractivity contribution in [1.82, 2.24) is 27.3 Å². The molecule has 18 nitrogen and oxygen atoms in total. The molecule has 49 heavy (non-hydrogen) atoms. The molecule has 0 unspecified atom stereocenters. The van der Waals surface area contributed by atoms with Crippen LogP contribution in [0.2, 0.25) is 0 Å². The third-order valence-electron chi connectivity index (χ3n) is 6.78. The van der Waals surface area contributed by atoms with Crippen molar-refractivity contribution in [1.29, 1.82) is 0 Å². The van der Waals surface area contributed by atoms with E-state index >= 15 is 0 Å². The minimum Gasteiger partial charge on any atom is -0.481 e. The molecule has 5 rings (SSSR count). The fourth-order valence-corrected chi connectivity index (χ4v) is 7.11. The Bertz CT molecular complexity index is 2090. The molecule has 0 spiro atoms. The Morgan fingerprint density at radius 2 is 1.86 bits per heavy atom. The van der Waals surface area contributed by atoms with E-state index in [1.54, 1.807) is 0 Å². The van der Waals surface area contributed by atoms with Gasteiger partial charge in [-0.1, -0.05) is 23.5 Å². The van der Waals surface area contributed by atoms with Gasteiger partial charge < -0.3 is 18.8 Å². The van der Waals surface area contributed by atoms with E-state index in [0.29, 0.717) is 22.5 Å². The van der Waals surface area contributed by atoms with E-state index < -0.39 is 32.1 Å². The SMILES string of the molecule is C#CCN1C(=O)COc2cc(F)c(/N=c3\snc4n3CC(C)(C)C4)cc21.COc1cc(OC)nc(NC(=O)NS(=O)(=O)N(C)S(C)(=O)=O)n1. The minimum absolute atomic E-state index is 0.00654. The highest BCUT2D eigenvalue weighted by molar-refractivity contribution is 8.03. The van der Waals surface area contributed by atoms with Gasteiger partial charge in [0.05, 0.1) is 38.8 Å². The van der Waals surface area contributed by atoms with Gasteiger partial charge in [-0.25, -0.2) is 27.3 Å². The maximum Gasteiger partial charge on any atom is 0.336 e. The molecular weight excluding hydrogens is 710 g/mol. The Morgan fingerprint density at radius 1 is 1.20 bits per heavy atom. The number of hydrogen-bond donors (Lipinski definition) is 2. The van der Waals surface area contributed by atoms with E-state index in [2.05, 4.69) is 39.1 Å². The van der Waals surface area contributed by atoms with Gasteiger partial charge in [-0.15, -0.1) is 6.42 Å². The summed E-state index contributed by atoms with van der Waals surface area (Å²) in [5, 5.41) is 2.02. The van der Waals surface area contributed by atoms with Crippen molar-refractivity contribution >= 4 is 61.0 Å². The standard InChI is InChI=1S/C18H17FN4O2S.C9H15N5O7S2/c1-4-5-22-13-7-12(11(19)6-14(13)25-9-16(22)24)20-17-23-10-18(2,3)8-15(23)21-26-17;1-14(22(4,16)17)23(18,19)13-9(15)12-8-10-6(20-2)5-7(11-8)21-3/h1,6-7H,5,8-10H2,2-3H3;5H,1-4H3,(H2,10,11,12,13,15)/b20-17-;. The van der Waals surface area contributed by atoms with Crippen LogP contribution in [0.1, 0.15) is 19.7 Å². The van der Waals surface area contributed by atoms with E-state index in [1.807, 2.05) is 9.88 Å². The molecule has 2 N–H and O–H groups in total. The van der Waals surface area contributed by atoms with Gasteiger partial charge in [0, 0.05) is 37.6 Å². The number of carbonyl (C=O) groups excluding carboxylic acids is 2. The number of methoxy groups -OCH3 is 2. The van der Waals surface area contributed by atoms with Gasteiger partial charge in [-0.2, -0.15) is 22.8 Å². The van der Waals surface area contributed by atoms with Gasteiger partial charge in [0.15, 0.2) is 12.4 Å². The van der Waals surface area contributed by atoms with E-state index in [0.717, 1.165) is 25.8 Å². The van der Waals surface area contributed by atoms with Crippen LogP contribution >= 0.6 is 11.5 Å². The first-order valence-electron chi connectivity index (χ1n) is 13.9. The number of ether oxygens (including phenoxy) is 3. The van der Waals surface area contributed by atoms with Gasteiger partial charge in [-0.05, 0) is 11.5 Å². The van der Waals surface area contributed by atoms with Crippen molar-refractivity contribution in [2.45, 2.75) is 26.8 Å². The molecule has 2 aromatic heterocycles. The summed E-state index contributed by atoms with van der Waals surface area (Å²) in [7, 11) is -5.27. The smallest absolute Gasteiger partial charge is 0.336 e. The molecule has 0 saturated carbocycles. The third-order valence-corrected chi connectivity index (χ3v) is 11.0. The first-order chi connectivity index (χ1) is 22.9. The highest BCUT2D eigenvalue weighted by Crippen LogP contribution is 2.37. The van der Waals surface area contributed by atoms with E-state index in [9.17, 15) is 30.8 Å². The molecule has 0 bridgehead atoms. The summed E-state index contributed by atoms with van der Waals surface area (Å²) in [5.41, 5.74) is 0.678. The van der Waals surface area contributed by atoms with Crippen molar-refractivity contribution < 1.29 is 45.0 Å².